The zero-order valence-electron chi connectivity index (χ0n) is 11.7. The molecule has 0 aromatic heterocycles. The molecule has 2 rings (SSSR count). The van der Waals surface area contributed by atoms with Crippen molar-refractivity contribution in [1.82, 2.24) is 0 Å². The molecule has 1 atom stereocenters. The largest absolute Gasteiger partial charge is 0.480 e. The van der Waals surface area contributed by atoms with Crippen molar-refractivity contribution in [3.63, 3.8) is 0 Å². The Hall–Kier alpha value is -2.76. The van der Waals surface area contributed by atoms with E-state index in [1.165, 1.54) is 25.1 Å². The van der Waals surface area contributed by atoms with Crippen molar-refractivity contribution in [3.8, 4) is 0 Å². The van der Waals surface area contributed by atoms with Crippen LogP contribution in [-0.2, 0) is 4.79 Å². The van der Waals surface area contributed by atoms with Crippen LogP contribution in [0.1, 0.15) is 17.3 Å². The average Bonchev–Trinajstić information content (AvgIpc) is 2.51. The Balaban J connectivity index is 2.49. The summed E-state index contributed by atoms with van der Waals surface area (Å²) in [5, 5.41) is 9.17. The molecule has 0 saturated carbocycles. The molecule has 2 aromatic carbocycles. The second kappa shape index (κ2) is 6.34. The molecule has 0 aliphatic carbocycles. The maximum atomic E-state index is 13.4. The zero-order chi connectivity index (χ0) is 16.3. The Kier molecular flexibility index (Phi) is 4.50. The first kappa shape index (κ1) is 15.6. The molecular formula is C16H13F2NO3. The highest BCUT2D eigenvalue weighted by atomic mass is 19.2. The predicted octanol–water partition coefficient (Wildman–Crippen LogP) is 3.08. The summed E-state index contributed by atoms with van der Waals surface area (Å²) in [7, 11) is 0. The van der Waals surface area contributed by atoms with Gasteiger partial charge in [0.05, 0.1) is 0 Å². The van der Waals surface area contributed by atoms with E-state index in [1.54, 1.807) is 18.2 Å². The number of amides is 1. The van der Waals surface area contributed by atoms with Gasteiger partial charge in [-0.05, 0) is 31.2 Å². The summed E-state index contributed by atoms with van der Waals surface area (Å²) in [6, 6.07) is 9.58. The Labute approximate surface area is 125 Å². The number of carboxylic acids is 1. The summed E-state index contributed by atoms with van der Waals surface area (Å²) in [6.07, 6.45) is 0. The van der Waals surface area contributed by atoms with Gasteiger partial charge in [0.15, 0.2) is 11.6 Å². The lowest BCUT2D eigenvalue weighted by Gasteiger charge is -2.26. The molecule has 4 nitrogen and oxygen atoms in total. The van der Waals surface area contributed by atoms with Gasteiger partial charge < -0.3 is 5.11 Å². The summed E-state index contributed by atoms with van der Waals surface area (Å²) in [5.41, 5.74) is 0.225. The first-order valence-electron chi connectivity index (χ1n) is 6.48. The van der Waals surface area contributed by atoms with E-state index >= 15 is 0 Å². The van der Waals surface area contributed by atoms with Crippen molar-refractivity contribution in [2.75, 3.05) is 4.90 Å². The van der Waals surface area contributed by atoms with Crippen LogP contribution in [0, 0.1) is 11.6 Å². The molecule has 0 fully saturated rings. The van der Waals surface area contributed by atoms with Gasteiger partial charge in [-0.2, -0.15) is 0 Å². The first-order valence-corrected chi connectivity index (χ1v) is 6.48. The van der Waals surface area contributed by atoms with Crippen LogP contribution in [0.15, 0.2) is 48.5 Å². The van der Waals surface area contributed by atoms with E-state index in [0.29, 0.717) is 0 Å². The lowest BCUT2D eigenvalue weighted by atomic mass is 10.1. The molecule has 1 N–H and O–H groups in total. The van der Waals surface area contributed by atoms with Gasteiger partial charge >= 0.3 is 5.97 Å². The van der Waals surface area contributed by atoms with E-state index in [2.05, 4.69) is 0 Å². The second-order valence-electron chi connectivity index (χ2n) is 4.65. The lowest BCUT2D eigenvalue weighted by Crippen LogP contribution is -2.43. The topological polar surface area (TPSA) is 57.6 Å². The van der Waals surface area contributed by atoms with Crippen LogP contribution in [0.4, 0.5) is 14.5 Å². The maximum absolute atomic E-state index is 13.4. The SMILES string of the molecule is C[C@@H](C(=O)O)N(C(=O)c1ccccc1)c1ccc(F)c(F)c1. The fourth-order valence-corrected chi connectivity index (χ4v) is 1.98. The normalized spacial score (nSPS) is 11.8. The Morgan fingerprint density at radius 1 is 1.05 bits per heavy atom. The van der Waals surface area contributed by atoms with Crippen LogP contribution in [-0.4, -0.2) is 23.0 Å². The quantitative estimate of drug-likeness (QED) is 0.944. The molecule has 0 aliphatic heterocycles. The smallest absolute Gasteiger partial charge is 0.326 e. The third kappa shape index (κ3) is 3.11. The zero-order valence-corrected chi connectivity index (χ0v) is 11.7. The van der Waals surface area contributed by atoms with Gasteiger partial charge in [0.2, 0.25) is 0 Å². The summed E-state index contributed by atoms with van der Waals surface area (Å²) in [5.74, 6) is -4.09. The van der Waals surface area contributed by atoms with Gasteiger partial charge in [0, 0.05) is 17.3 Å². The summed E-state index contributed by atoms with van der Waals surface area (Å²) >= 11 is 0. The van der Waals surface area contributed by atoms with Crippen molar-refractivity contribution < 1.29 is 23.5 Å². The number of anilines is 1. The molecular weight excluding hydrogens is 292 g/mol. The number of carbonyl (C=O) groups is 2. The summed E-state index contributed by atoms with van der Waals surface area (Å²) in [6.45, 7) is 1.30. The number of rotatable bonds is 4. The highest BCUT2D eigenvalue weighted by Gasteiger charge is 2.28. The molecule has 0 bridgehead atoms. The summed E-state index contributed by atoms with van der Waals surface area (Å²) in [4.78, 5) is 24.7. The standard InChI is InChI=1S/C16H13F2NO3/c1-10(16(21)22)19(12-7-8-13(17)14(18)9-12)15(20)11-5-3-2-4-6-11/h2-10H,1H3,(H,21,22)/t10-/m0/s1. The van der Waals surface area contributed by atoms with Gasteiger partial charge in [-0.25, -0.2) is 13.6 Å². The van der Waals surface area contributed by atoms with E-state index in [9.17, 15) is 23.5 Å². The van der Waals surface area contributed by atoms with E-state index in [1.807, 2.05) is 0 Å². The second-order valence-corrected chi connectivity index (χ2v) is 4.65. The fourth-order valence-electron chi connectivity index (χ4n) is 1.98. The van der Waals surface area contributed by atoms with Crippen molar-refractivity contribution in [2.24, 2.45) is 0 Å². The van der Waals surface area contributed by atoms with Gasteiger partial charge in [-0.3, -0.25) is 9.69 Å². The van der Waals surface area contributed by atoms with E-state index in [-0.39, 0.29) is 11.3 Å². The van der Waals surface area contributed by atoms with Crippen molar-refractivity contribution in [3.05, 3.63) is 65.7 Å². The average molecular weight is 305 g/mol. The minimum Gasteiger partial charge on any atom is -0.480 e. The predicted molar refractivity (Wildman–Crippen MR) is 76.7 cm³/mol. The number of hydrogen-bond acceptors (Lipinski definition) is 2. The van der Waals surface area contributed by atoms with Crippen molar-refractivity contribution in [1.29, 1.82) is 0 Å². The van der Waals surface area contributed by atoms with Crippen LogP contribution in [0.3, 0.4) is 0 Å². The summed E-state index contributed by atoms with van der Waals surface area (Å²) < 4.78 is 26.5. The van der Waals surface area contributed by atoms with E-state index < -0.39 is 29.6 Å². The Bertz CT molecular complexity index is 704. The molecule has 6 heteroatoms. The fraction of sp³-hybridized carbons (Fsp3) is 0.125. The molecule has 2 aromatic rings. The van der Waals surface area contributed by atoms with E-state index in [4.69, 9.17) is 0 Å². The van der Waals surface area contributed by atoms with Crippen LogP contribution < -0.4 is 4.90 Å². The number of carboxylic acid groups (broad SMARTS) is 1. The molecule has 0 saturated heterocycles. The Morgan fingerprint density at radius 3 is 2.23 bits per heavy atom. The van der Waals surface area contributed by atoms with Crippen LogP contribution in [0.2, 0.25) is 0 Å². The number of benzene rings is 2. The monoisotopic (exact) mass is 305 g/mol. The molecule has 0 unspecified atom stereocenters. The van der Waals surface area contributed by atoms with Gasteiger partial charge in [0.25, 0.3) is 5.91 Å². The minimum absolute atomic E-state index is 0.0253. The third-order valence-corrected chi connectivity index (χ3v) is 3.17. The number of hydrogen-bond donors (Lipinski definition) is 1. The number of carbonyl (C=O) groups excluding carboxylic acids is 1. The van der Waals surface area contributed by atoms with E-state index in [0.717, 1.165) is 17.0 Å². The molecule has 22 heavy (non-hydrogen) atoms. The highest BCUT2D eigenvalue weighted by molar-refractivity contribution is 6.09. The van der Waals surface area contributed by atoms with Gasteiger partial charge in [0.1, 0.15) is 6.04 Å². The first-order chi connectivity index (χ1) is 10.4. The van der Waals surface area contributed by atoms with Crippen LogP contribution in [0.25, 0.3) is 0 Å². The highest BCUT2D eigenvalue weighted by Crippen LogP contribution is 2.22. The van der Waals surface area contributed by atoms with Crippen LogP contribution in [0.5, 0.6) is 0 Å². The number of halogens is 2. The third-order valence-electron chi connectivity index (χ3n) is 3.17. The molecule has 0 heterocycles. The van der Waals surface area contributed by atoms with Gasteiger partial charge in [-0.15, -0.1) is 0 Å². The van der Waals surface area contributed by atoms with Crippen LogP contribution >= 0.6 is 0 Å². The minimum atomic E-state index is -1.26. The van der Waals surface area contributed by atoms with Crippen molar-refractivity contribution >= 4 is 17.6 Å². The van der Waals surface area contributed by atoms with Gasteiger partial charge in [-0.1, -0.05) is 18.2 Å². The van der Waals surface area contributed by atoms with Crippen molar-refractivity contribution in [2.45, 2.75) is 13.0 Å². The molecule has 1 amide bonds. The number of aliphatic carboxylic acids is 1. The molecule has 0 radical (unpaired) electrons. The number of nitrogens with zero attached hydrogens (tertiary/aromatic N) is 1. The lowest BCUT2D eigenvalue weighted by molar-refractivity contribution is -0.138. The Morgan fingerprint density at radius 2 is 1.68 bits per heavy atom. The maximum Gasteiger partial charge on any atom is 0.326 e. The molecule has 0 aliphatic rings. The molecule has 0 spiro atoms. The molecule has 114 valence electrons.